The fourth-order valence-electron chi connectivity index (χ4n) is 4.43. The van der Waals surface area contributed by atoms with Crippen molar-refractivity contribution in [2.24, 2.45) is 5.41 Å². The zero-order valence-electron chi connectivity index (χ0n) is 15.9. The lowest BCUT2D eigenvalue weighted by Gasteiger charge is -2.34. The van der Waals surface area contributed by atoms with Gasteiger partial charge in [0.2, 0.25) is 5.91 Å². The highest BCUT2D eigenvalue weighted by Crippen LogP contribution is 2.38. The van der Waals surface area contributed by atoms with Crippen molar-refractivity contribution in [3.63, 3.8) is 0 Å². The first-order valence-electron chi connectivity index (χ1n) is 9.95. The predicted octanol–water partition coefficient (Wildman–Crippen LogP) is 3.37. The molecule has 1 aliphatic carbocycles. The third-order valence-electron chi connectivity index (χ3n) is 6.08. The molecule has 1 atom stereocenters. The Morgan fingerprint density at radius 3 is 2.77 bits per heavy atom. The molecule has 1 amide bonds. The van der Waals surface area contributed by atoms with Crippen molar-refractivity contribution in [1.82, 2.24) is 14.8 Å². The van der Waals surface area contributed by atoms with Crippen molar-refractivity contribution >= 4 is 5.91 Å². The summed E-state index contributed by atoms with van der Waals surface area (Å²) in [6, 6.07) is 8.87. The van der Waals surface area contributed by atoms with Crippen molar-refractivity contribution in [3.05, 3.63) is 30.1 Å². The maximum atomic E-state index is 13.1. The molecule has 2 heterocycles. The van der Waals surface area contributed by atoms with Gasteiger partial charge in [-0.15, -0.1) is 0 Å². The van der Waals surface area contributed by atoms with Gasteiger partial charge in [-0.25, -0.2) is 0 Å². The molecule has 2 fully saturated rings. The van der Waals surface area contributed by atoms with Crippen molar-refractivity contribution in [2.45, 2.75) is 64.0 Å². The van der Waals surface area contributed by atoms with Crippen molar-refractivity contribution in [3.8, 4) is 6.07 Å². The van der Waals surface area contributed by atoms with Crippen LogP contribution in [0, 0.1) is 16.7 Å². The molecule has 140 valence electrons. The lowest BCUT2D eigenvalue weighted by molar-refractivity contribution is -0.140. The molecule has 1 aliphatic heterocycles. The van der Waals surface area contributed by atoms with Gasteiger partial charge in [0.05, 0.1) is 11.8 Å². The molecule has 1 aromatic rings. The predicted molar refractivity (Wildman–Crippen MR) is 101 cm³/mol. The molecule has 2 aliphatic rings. The average Bonchev–Trinajstić information content (AvgIpc) is 2.95. The molecule has 1 saturated heterocycles. The van der Waals surface area contributed by atoms with Gasteiger partial charge in [-0.3, -0.25) is 14.7 Å². The maximum absolute atomic E-state index is 13.1. The third kappa shape index (κ3) is 4.24. The number of rotatable bonds is 4. The Labute approximate surface area is 157 Å². The SMILES string of the molecule is CN(Cc1ccccn1)[C@H]1CCCN(C(=O)C2(C#N)CCCCC2)CC1. The molecule has 0 aromatic carbocycles. The molecule has 0 N–H and O–H groups in total. The molecule has 1 saturated carbocycles. The van der Waals surface area contributed by atoms with Crippen LogP contribution in [0.25, 0.3) is 0 Å². The van der Waals surface area contributed by atoms with Gasteiger partial charge >= 0.3 is 0 Å². The van der Waals surface area contributed by atoms with Gasteiger partial charge in [0.1, 0.15) is 5.41 Å². The van der Waals surface area contributed by atoms with Crippen molar-refractivity contribution < 1.29 is 4.79 Å². The lowest BCUT2D eigenvalue weighted by atomic mass is 9.74. The minimum absolute atomic E-state index is 0.0905. The number of nitrogens with zero attached hydrogens (tertiary/aromatic N) is 4. The molecule has 0 bridgehead atoms. The fourth-order valence-corrected chi connectivity index (χ4v) is 4.43. The highest BCUT2D eigenvalue weighted by Gasteiger charge is 2.42. The number of nitriles is 1. The molecule has 5 nitrogen and oxygen atoms in total. The lowest BCUT2D eigenvalue weighted by Crippen LogP contribution is -2.45. The number of pyridine rings is 1. The van der Waals surface area contributed by atoms with Gasteiger partial charge in [-0.1, -0.05) is 25.3 Å². The standard InChI is InChI=1S/C21H30N4O/c1-24(16-18-8-3-6-13-23-18)19-9-7-14-25(15-10-19)20(26)21(17-22)11-4-2-5-12-21/h3,6,8,13,19H,2,4-5,7,9-12,14-16H2,1H3/t19-/m0/s1. The second kappa shape index (κ2) is 8.64. The van der Waals surface area contributed by atoms with E-state index in [4.69, 9.17) is 0 Å². The summed E-state index contributed by atoms with van der Waals surface area (Å²) in [7, 11) is 2.15. The Bertz CT molecular complexity index is 633. The van der Waals surface area contributed by atoms with E-state index in [-0.39, 0.29) is 5.91 Å². The number of likely N-dealkylation sites (tertiary alicyclic amines) is 1. The van der Waals surface area contributed by atoms with Crippen LogP contribution in [0.4, 0.5) is 0 Å². The zero-order valence-corrected chi connectivity index (χ0v) is 15.9. The molecule has 0 unspecified atom stereocenters. The van der Waals surface area contributed by atoms with Gasteiger partial charge in [0.25, 0.3) is 0 Å². The summed E-state index contributed by atoms with van der Waals surface area (Å²) in [5.74, 6) is 0.0905. The monoisotopic (exact) mass is 354 g/mol. The summed E-state index contributed by atoms with van der Waals surface area (Å²) in [5, 5.41) is 9.70. The molecule has 0 spiro atoms. The summed E-state index contributed by atoms with van der Waals surface area (Å²) in [4.78, 5) is 21.9. The summed E-state index contributed by atoms with van der Waals surface area (Å²) < 4.78 is 0. The highest BCUT2D eigenvalue weighted by atomic mass is 16.2. The number of amides is 1. The van der Waals surface area contributed by atoms with Crippen LogP contribution in [0.2, 0.25) is 0 Å². The number of hydrogen-bond donors (Lipinski definition) is 0. The first-order chi connectivity index (χ1) is 12.6. The van der Waals surface area contributed by atoms with E-state index in [1.165, 1.54) is 0 Å². The largest absolute Gasteiger partial charge is 0.341 e. The molecule has 26 heavy (non-hydrogen) atoms. The van der Waals surface area contributed by atoms with Crippen molar-refractivity contribution in [1.29, 1.82) is 5.26 Å². The maximum Gasteiger partial charge on any atom is 0.243 e. The van der Waals surface area contributed by atoms with E-state index >= 15 is 0 Å². The van der Waals surface area contributed by atoms with Crippen LogP contribution in [0.3, 0.4) is 0 Å². The second-order valence-electron chi connectivity index (χ2n) is 7.87. The van der Waals surface area contributed by atoms with E-state index in [9.17, 15) is 10.1 Å². The van der Waals surface area contributed by atoms with Gasteiger partial charge in [0, 0.05) is 31.9 Å². The zero-order chi connectivity index (χ0) is 18.4. The Balaban J connectivity index is 1.59. The average molecular weight is 354 g/mol. The number of carbonyl (C=O) groups excluding carboxylic acids is 1. The first-order valence-corrected chi connectivity index (χ1v) is 9.95. The molecular weight excluding hydrogens is 324 g/mol. The third-order valence-corrected chi connectivity index (χ3v) is 6.08. The van der Waals surface area contributed by atoms with Crippen LogP contribution < -0.4 is 0 Å². The molecule has 3 rings (SSSR count). The van der Waals surface area contributed by atoms with E-state index in [2.05, 4.69) is 29.1 Å². The molecular formula is C21H30N4O. The van der Waals surface area contributed by atoms with E-state index in [0.29, 0.717) is 6.04 Å². The molecule has 5 heteroatoms. The van der Waals surface area contributed by atoms with Crippen LogP contribution in [-0.4, -0.2) is 46.9 Å². The first kappa shape index (κ1) is 18.8. The summed E-state index contributed by atoms with van der Waals surface area (Å²) in [6.45, 7) is 2.39. The normalized spacial score (nSPS) is 23.3. The minimum atomic E-state index is -0.752. The van der Waals surface area contributed by atoms with Crippen LogP contribution >= 0.6 is 0 Å². The Morgan fingerprint density at radius 1 is 1.27 bits per heavy atom. The minimum Gasteiger partial charge on any atom is -0.341 e. The molecule has 1 aromatic heterocycles. The van der Waals surface area contributed by atoms with Gasteiger partial charge in [-0.05, 0) is 51.3 Å². The topological polar surface area (TPSA) is 60.2 Å². The molecule has 0 radical (unpaired) electrons. The van der Waals surface area contributed by atoms with Crippen LogP contribution in [0.5, 0.6) is 0 Å². The number of aromatic nitrogens is 1. The second-order valence-corrected chi connectivity index (χ2v) is 7.87. The van der Waals surface area contributed by atoms with E-state index in [1.807, 2.05) is 23.2 Å². The van der Waals surface area contributed by atoms with Crippen LogP contribution in [0.1, 0.15) is 57.1 Å². The number of carbonyl (C=O) groups is 1. The van der Waals surface area contributed by atoms with E-state index in [0.717, 1.165) is 76.7 Å². The quantitative estimate of drug-likeness (QED) is 0.832. The Morgan fingerprint density at radius 2 is 2.08 bits per heavy atom. The van der Waals surface area contributed by atoms with Gasteiger partial charge < -0.3 is 4.90 Å². The van der Waals surface area contributed by atoms with E-state index < -0.39 is 5.41 Å². The highest BCUT2D eigenvalue weighted by molar-refractivity contribution is 5.85. The fraction of sp³-hybridized carbons (Fsp3) is 0.667. The Hall–Kier alpha value is -1.93. The van der Waals surface area contributed by atoms with Crippen molar-refractivity contribution in [2.75, 3.05) is 20.1 Å². The Kier molecular flexibility index (Phi) is 6.26. The smallest absolute Gasteiger partial charge is 0.243 e. The summed E-state index contributed by atoms with van der Waals surface area (Å²) in [5.41, 5.74) is 0.329. The van der Waals surface area contributed by atoms with E-state index in [1.54, 1.807) is 0 Å². The summed E-state index contributed by atoms with van der Waals surface area (Å²) >= 11 is 0. The van der Waals surface area contributed by atoms with Gasteiger partial charge in [-0.2, -0.15) is 5.26 Å². The van der Waals surface area contributed by atoms with Crippen LogP contribution in [0.15, 0.2) is 24.4 Å². The van der Waals surface area contributed by atoms with Crippen LogP contribution in [-0.2, 0) is 11.3 Å². The summed E-state index contributed by atoms with van der Waals surface area (Å²) in [6.07, 6.45) is 9.53. The number of hydrogen-bond acceptors (Lipinski definition) is 4. The van der Waals surface area contributed by atoms with Gasteiger partial charge in [0.15, 0.2) is 0 Å².